The molecule has 0 aromatic heterocycles. The molecule has 0 aromatic rings. The van der Waals surface area contributed by atoms with Crippen LogP contribution in [0.2, 0.25) is 18.1 Å². The lowest BCUT2D eigenvalue weighted by atomic mass is 9.75. The molecule has 1 saturated carbocycles. The molecule has 0 heterocycles. The van der Waals surface area contributed by atoms with Gasteiger partial charge in [-0.25, -0.2) is 0 Å². The molecule has 1 aliphatic carbocycles. The van der Waals surface area contributed by atoms with Gasteiger partial charge in [0.25, 0.3) is 0 Å². The second kappa shape index (κ2) is 11.7. The molecule has 29 heavy (non-hydrogen) atoms. The van der Waals surface area contributed by atoms with Crippen LogP contribution in [0.4, 0.5) is 0 Å². The van der Waals surface area contributed by atoms with Crippen molar-refractivity contribution in [2.75, 3.05) is 0 Å². The third-order valence-corrected chi connectivity index (χ3v) is 11.3. The van der Waals surface area contributed by atoms with Gasteiger partial charge in [0, 0.05) is 6.42 Å². The molecule has 1 fully saturated rings. The van der Waals surface area contributed by atoms with Gasteiger partial charge in [-0.3, -0.25) is 4.79 Å². The number of carboxylic acids is 1. The number of unbranched alkanes of at least 4 members (excludes halogenated alkanes) is 2. The smallest absolute Gasteiger partial charge is 0.303 e. The Balaban J connectivity index is 2.74. The molecule has 0 aliphatic heterocycles. The van der Waals surface area contributed by atoms with Crippen LogP contribution >= 0.6 is 0 Å². The highest BCUT2D eigenvalue weighted by Crippen LogP contribution is 2.39. The van der Waals surface area contributed by atoms with Crippen molar-refractivity contribution in [3.05, 3.63) is 12.2 Å². The van der Waals surface area contributed by atoms with Gasteiger partial charge in [-0.1, -0.05) is 65.5 Å². The summed E-state index contributed by atoms with van der Waals surface area (Å²) in [4.78, 5) is 10.8. The first-order valence-electron chi connectivity index (χ1n) is 11.7. The number of carbonyl (C=O) groups is 1. The van der Waals surface area contributed by atoms with Crippen molar-refractivity contribution in [2.24, 2.45) is 5.92 Å². The summed E-state index contributed by atoms with van der Waals surface area (Å²) >= 11 is 0. The summed E-state index contributed by atoms with van der Waals surface area (Å²) in [5, 5.41) is 20.0. The fourth-order valence-corrected chi connectivity index (χ4v) is 5.28. The van der Waals surface area contributed by atoms with Crippen molar-refractivity contribution >= 4 is 14.3 Å². The molecule has 1 aliphatic rings. The van der Waals surface area contributed by atoms with E-state index in [1.807, 2.05) is 0 Å². The van der Waals surface area contributed by atoms with Crippen molar-refractivity contribution in [3.63, 3.8) is 0 Å². The number of aliphatic carboxylic acids is 1. The zero-order chi connectivity index (χ0) is 22.1. The molecule has 170 valence electrons. The van der Waals surface area contributed by atoms with Gasteiger partial charge in [0.2, 0.25) is 0 Å². The number of allylic oxidation sites excluding steroid dienone is 1. The largest absolute Gasteiger partial charge is 0.481 e. The first-order chi connectivity index (χ1) is 13.4. The molecule has 0 saturated heterocycles. The Bertz CT molecular complexity index is 523. The predicted octanol–water partition coefficient (Wildman–Crippen LogP) is 6.69. The summed E-state index contributed by atoms with van der Waals surface area (Å²) in [5.41, 5.74) is -0.708. The molecule has 0 amide bonds. The summed E-state index contributed by atoms with van der Waals surface area (Å²) in [6.07, 6.45) is 14.3. The SMILES string of the molecule is CCCCCC(C=CC1CCCC(O)(CCCC(=O)O)C1)O[Si](C)(C)C(C)(C)C. The van der Waals surface area contributed by atoms with Gasteiger partial charge in [-0.2, -0.15) is 0 Å². The summed E-state index contributed by atoms with van der Waals surface area (Å²) < 4.78 is 6.71. The van der Waals surface area contributed by atoms with E-state index in [0.29, 0.717) is 18.8 Å². The Morgan fingerprint density at radius 3 is 2.55 bits per heavy atom. The Morgan fingerprint density at radius 2 is 1.97 bits per heavy atom. The van der Waals surface area contributed by atoms with E-state index in [9.17, 15) is 9.90 Å². The molecular weight excluding hydrogens is 380 g/mol. The van der Waals surface area contributed by atoms with Crippen LogP contribution in [-0.4, -0.2) is 36.2 Å². The molecule has 2 N–H and O–H groups in total. The Kier molecular flexibility index (Phi) is 10.6. The van der Waals surface area contributed by atoms with Crippen molar-refractivity contribution in [1.29, 1.82) is 0 Å². The molecule has 3 unspecified atom stereocenters. The lowest BCUT2D eigenvalue weighted by Gasteiger charge is -2.39. The van der Waals surface area contributed by atoms with E-state index in [4.69, 9.17) is 9.53 Å². The van der Waals surface area contributed by atoms with Gasteiger partial charge in [0.05, 0.1) is 11.7 Å². The molecular formula is C24H46O4Si. The second-order valence-electron chi connectivity index (χ2n) is 10.6. The summed E-state index contributed by atoms with van der Waals surface area (Å²) in [7, 11) is -1.83. The van der Waals surface area contributed by atoms with E-state index in [1.54, 1.807) is 0 Å². The third kappa shape index (κ3) is 9.80. The highest BCUT2D eigenvalue weighted by atomic mass is 28.4. The van der Waals surface area contributed by atoms with Gasteiger partial charge >= 0.3 is 5.97 Å². The van der Waals surface area contributed by atoms with Crippen molar-refractivity contribution in [1.82, 2.24) is 0 Å². The van der Waals surface area contributed by atoms with Crippen molar-refractivity contribution in [2.45, 2.75) is 128 Å². The third-order valence-electron chi connectivity index (χ3n) is 6.83. The van der Waals surface area contributed by atoms with Crippen LogP contribution in [0.1, 0.15) is 98.3 Å². The standard InChI is InChI=1S/C24H46O4Si/c1-7-8-9-13-21(28-29(5,6)23(2,3)4)16-15-20-12-10-17-24(27,19-20)18-11-14-22(25)26/h15-16,20-21,27H,7-14,17-19H2,1-6H3,(H,25,26). The van der Waals surface area contributed by atoms with Crippen molar-refractivity contribution in [3.8, 4) is 0 Å². The number of hydrogen-bond donors (Lipinski definition) is 2. The maximum atomic E-state index is 10.9. The van der Waals surface area contributed by atoms with Crippen LogP contribution in [0.5, 0.6) is 0 Å². The Hall–Kier alpha value is -0.653. The Labute approximate surface area is 180 Å². The average Bonchev–Trinajstić information content (AvgIpc) is 2.58. The quantitative estimate of drug-likeness (QED) is 0.207. The molecule has 0 aromatic carbocycles. The number of aliphatic hydroxyl groups is 1. The van der Waals surface area contributed by atoms with E-state index in [-0.39, 0.29) is 17.6 Å². The maximum absolute atomic E-state index is 10.9. The van der Waals surface area contributed by atoms with Gasteiger partial charge in [0.1, 0.15) is 0 Å². The minimum Gasteiger partial charge on any atom is -0.481 e. The molecule has 4 nitrogen and oxygen atoms in total. The van der Waals surface area contributed by atoms with E-state index < -0.39 is 19.9 Å². The first kappa shape index (κ1) is 26.4. The summed E-state index contributed by atoms with van der Waals surface area (Å²) in [6.45, 7) is 13.7. The van der Waals surface area contributed by atoms with Crippen LogP contribution in [0.3, 0.4) is 0 Å². The monoisotopic (exact) mass is 426 g/mol. The average molecular weight is 427 g/mol. The first-order valence-corrected chi connectivity index (χ1v) is 14.6. The fraction of sp³-hybridized carbons (Fsp3) is 0.875. The van der Waals surface area contributed by atoms with Gasteiger partial charge < -0.3 is 14.6 Å². The van der Waals surface area contributed by atoms with E-state index in [2.05, 4.69) is 52.9 Å². The highest BCUT2D eigenvalue weighted by Gasteiger charge is 2.39. The predicted molar refractivity (Wildman–Crippen MR) is 124 cm³/mol. The summed E-state index contributed by atoms with van der Waals surface area (Å²) in [5.74, 6) is -0.422. The Morgan fingerprint density at radius 1 is 1.28 bits per heavy atom. The van der Waals surface area contributed by atoms with Crippen molar-refractivity contribution < 1.29 is 19.4 Å². The van der Waals surface area contributed by atoms with Crippen LogP contribution in [-0.2, 0) is 9.22 Å². The van der Waals surface area contributed by atoms with Crippen LogP contribution < -0.4 is 0 Å². The number of carboxylic acid groups (broad SMARTS) is 1. The van der Waals surface area contributed by atoms with Gasteiger partial charge in [-0.15, -0.1) is 0 Å². The van der Waals surface area contributed by atoms with Gasteiger partial charge in [0.15, 0.2) is 8.32 Å². The highest BCUT2D eigenvalue weighted by molar-refractivity contribution is 6.74. The summed E-state index contributed by atoms with van der Waals surface area (Å²) in [6, 6.07) is 0. The lowest BCUT2D eigenvalue weighted by molar-refractivity contribution is -0.137. The zero-order valence-corrected chi connectivity index (χ0v) is 20.8. The molecule has 0 bridgehead atoms. The number of rotatable bonds is 12. The molecule has 3 atom stereocenters. The minimum atomic E-state index is -1.83. The van der Waals surface area contributed by atoms with Crippen LogP contribution in [0.15, 0.2) is 12.2 Å². The van der Waals surface area contributed by atoms with Crippen LogP contribution in [0, 0.1) is 5.92 Å². The molecule has 0 radical (unpaired) electrons. The molecule has 0 spiro atoms. The minimum absolute atomic E-state index is 0.142. The fourth-order valence-electron chi connectivity index (χ4n) is 3.97. The topological polar surface area (TPSA) is 66.8 Å². The molecule has 5 heteroatoms. The molecule has 1 rings (SSSR count). The van der Waals surface area contributed by atoms with E-state index in [1.165, 1.54) is 19.3 Å². The van der Waals surface area contributed by atoms with Gasteiger partial charge in [-0.05, 0) is 62.6 Å². The van der Waals surface area contributed by atoms with E-state index in [0.717, 1.165) is 32.1 Å². The normalized spacial score (nSPS) is 24.7. The maximum Gasteiger partial charge on any atom is 0.303 e. The second-order valence-corrected chi connectivity index (χ2v) is 15.4. The number of hydrogen-bond acceptors (Lipinski definition) is 3. The van der Waals surface area contributed by atoms with E-state index >= 15 is 0 Å². The zero-order valence-electron chi connectivity index (χ0n) is 19.8. The lowest BCUT2D eigenvalue weighted by Crippen LogP contribution is -2.43. The van der Waals surface area contributed by atoms with Crippen LogP contribution in [0.25, 0.3) is 0 Å².